The van der Waals surface area contributed by atoms with E-state index in [4.69, 9.17) is 0 Å². The highest BCUT2D eigenvalue weighted by molar-refractivity contribution is 7.80. The Labute approximate surface area is 111 Å². The van der Waals surface area contributed by atoms with Crippen LogP contribution in [0.1, 0.15) is 11.4 Å². The molecule has 0 aliphatic heterocycles. The van der Waals surface area contributed by atoms with Gasteiger partial charge in [0, 0.05) is 11.3 Å². The van der Waals surface area contributed by atoms with Crippen LogP contribution in [0.15, 0.2) is 53.4 Å². The molecule has 3 rings (SSSR count). The second-order valence-electron chi connectivity index (χ2n) is 4.37. The number of aromatic nitrogens is 2. The maximum atomic E-state index is 4.58. The van der Waals surface area contributed by atoms with E-state index in [1.54, 1.807) is 0 Å². The van der Waals surface area contributed by atoms with E-state index in [9.17, 15) is 0 Å². The fourth-order valence-corrected chi connectivity index (χ4v) is 2.28. The van der Waals surface area contributed by atoms with Gasteiger partial charge in [-0.1, -0.05) is 30.3 Å². The Hall–Kier alpha value is -1.74. The first-order chi connectivity index (χ1) is 8.81. The van der Waals surface area contributed by atoms with Crippen molar-refractivity contribution >= 4 is 23.7 Å². The molecule has 18 heavy (non-hydrogen) atoms. The van der Waals surface area contributed by atoms with E-state index in [0.29, 0.717) is 0 Å². The van der Waals surface area contributed by atoms with Crippen LogP contribution in [0.4, 0.5) is 0 Å². The van der Waals surface area contributed by atoms with Gasteiger partial charge in [0.2, 0.25) is 0 Å². The predicted molar refractivity (Wildman–Crippen MR) is 77.2 cm³/mol. The fraction of sp³-hybridized carbons (Fsp3) is 0.133. The van der Waals surface area contributed by atoms with Crippen molar-refractivity contribution in [2.45, 2.75) is 17.7 Å². The van der Waals surface area contributed by atoms with Gasteiger partial charge in [0.15, 0.2) is 0 Å². The number of nitrogens with zero attached hydrogens (tertiary/aromatic N) is 1. The molecule has 0 radical (unpaired) electrons. The molecule has 2 aromatic carbocycles. The van der Waals surface area contributed by atoms with Crippen LogP contribution in [0.5, 0.6) is 0 Å². The van der Waals surface area contributed by atoms with Crippen molar-refractivity contribution < 1.29 is 0 Å². The maximum absolute atomic E-state index is 4.58. The third kappa shape index (κ3) is 2.41. The minimum atomic E-state index is 0.931. The van der Waals surface area contributed by atoms with E-state index in [1.165, 1.54) is 5.56 Å². The SMILES string of the molecule is Sc1ccc2nc(CCc3ccccc3)[nH]c2c1. The molecule has 1 N–H and O–H groups in total. The van der Waals surface area contributed by atoms with Crippen LogP contribution in [-0.2, 0) is 12.8 Å². The van der Waals surface area contributed by atoms with E-state index in [1.807, 2.05) is 24.3 Å². The molecular weight excluding hydrogens is 240 g/mol. The number of thiol groups is 1. The van der Waals surface area contributed by atoms with E-state index < -0.39 is 0 Å². The average Bonchev–Trinajstić information content (AvgIpc) is 2.79. The molecular formula is C15H14N2S. The van der Waals surface area contributed by atoms with Crippen LogP contribution in [0.2, 0.25) is 0 Å². The highest BCUT2D eigenvalue weighted by Gasteiger charge is 2.03. The lowest BCUT2D eigenvalue weighted by Gasteiger charge is -1.97. The topological polar surface area (TPSA) is 28.7 Å². The van der Waals surface area contributed by atoms with E-state index in [-0.39, 0.29) is 0 Å². The van der Waals surface area contributed by atoms with Crippen molar-refractivity contribution in [1.82, 2.24) is 9.97 Å². The van der Waals surface area contributed by atoms with Crippen LogP contribution < -0.4 is 0 Å². The van der Waals surface area contributed by atoms with E-state index in [0.717, 1.165) is 34.6 Å². The molecule has 3 aromatic rings. The Morgan fingerprint density at radius 2 is 1.83 bits per heavy atom. The lowest BCUT2D eigenvalue weighted by molar-refractivity contribution is 0.890. The number of imidazole rings is 1. The largest absolute Gasteiger partial charge is 0.342 e. The summed E-state index contributed by atoms with van der Waals surface area (Å²) in [5.74, 6) is 1.03. The summed E-state index contributed by atoms with van der Waals surface area (Å²) in [4.78, 5) is 8.89. The van der Waals surface area contributed by atoms with Crippen molar-refractivity contribution in [2.75, 3.05) is 0 Å². The number of aromatic amines is 1. The number of fused-ring (bicyclic) bond motifs is 1. The molecule has 0 aliphatic carbocycles. The van der Waals surface area contributed by atoms with Gasteiger partial charge in [0.05, 0.1) is 11.0 Å². The summed E-state index contributed by atoms with van der Waals surface area (Å²) < 4.78 is 0. The van der Waals surface area contributed by atoms with Crippen LogP contribution in [0.3, 0.4) is 0 Å². The summed E-state index contributed by atoms with van der Waals surface area (Å²) >= 11 is 4.33. The second kappa shape index (κ2) is 4.86. The molecule has 1 heterocycles. The van der Waals surface area contributed by atoms with Crippen molar-refractivity contribution in [1.29, 1.82) is 0 Å². The summed E-state index contributed by atoms with van der Waals surface area (Å²) in [7, 11) is 0. The summed E-state index contributed by atoms with van der Waals surface area (Å²) in [5, 5.41) is 0. The summed E-state index contributed by atoms with van der Waals surface area (Å²) in [6.07, 6.45) is 1.94. The molecule has 2 nitrogen and oxygen atoms in total. The van der Waals surface area contributed by atoms with Gasteiger partial charge < -0.3 is 4.98 Å². The van der Waals surface area contributed by atoms with E-state index in [2.05, 4.69) is 46.9 Å². The lowest BCUT2D eigenvalue weighted by atomic mass is 10.1. The standard InChI is InChI=1S/C15H14N2S/c18-12-7-8-13-14(10-12)17-15(16-13)9-6-11-4-2-1-3-5-11/h1-5,7-8,10,18H,6,9H2,(H,16,17). The van der Waals surface area contributed by atoms with Crippen molar-refractivity contribution in [3.05, 3.63) is 59.9 Å². The van der Waals surface area contributed by atoms with Gasteiger partial charge in [0.25, 0.3) is 0 Å². The number of rotatable bonds is 3. The molecule has 0 saturated carbocycles. The first kappa shape index (κ1) is 11.4. The zero-order chi connectivity index (χ0) is 12.4. The fourth-order valence-electron chi connectivity index (χ4n) is 2.08. The number of benzene rings is 2. The Morgan fingerprint density at radius 1 is 1.00 bits per heavy atom. The van der Waals surface area contributed by atoms with Crippen molar-refractivity contribution in [2.24, 2.45) is 0 Å². The van der Waals surface area contributed by atoms with Crippen LogP contribution in [-0.4, -0.2) is 9.97 Å². The molecule has 0 aliphatic rings. The summed E-state index contributed by atoms with van der Waals surface area (Å²) in [5.41, 5.74) is 3.41. The monoisotopic (exact) mass is 254 g/mol. The molecule has 0 fully saturated rings. The first-order valence-corrected chi connectivity index (χ1v) is 6.47. The number of hydrogen-bond donors (Lipinski definition) is 2. The third-order valence-electron chi connectivity index (χ3n) is 3.01. The van der Waals surface area contributed by atoms with Gasteiger partial charge in [-0.15, -0.1) is 12.6 Å². The maximum Gasteiger partial charge on any atom is 0.107 e. The van der Waals surface area contributed by atoms with Crippen molar-refractivity contribution in [3.8, 4) is 0 Å². The van der Waals surface area contributed by atoms with Gasteiger partial charge >= 0.3 is 0 Å². The quantitative estimate of drug-likeness (QED) is 0.686. The van der Waals surface area contributed by atoms with Gasteiger partial charge in [-0.3, -0.25) is 0 Å². The molecule has 0 amide bonds. The minimum absolute atomic E-state index is 0.931. The predicted octanol–water partition coefficient (Wildman–Crippen LogP) is 3.64. The van der Waals surface area contributed by atoms with Crippen LogP contribution >= 0.6 is 12.6 Å². The third-order valence-corrected chi connectivity index (χ3v) is 3.29. The molecule has 0 bridgehead atoms. The molecule has 0 atom stereocenters. The van der Waals surface area contributed by atoms with Crippen LogP contribution in [0.25, 0.3) is 11.0 Å². The molecule has 0 spiro atoms. The summed E-state index contributed by atoms with van der Waals surface area (Å²) in [6.45, 7) is 0. The smallest absolute Gasteiger partial charge is 0.107 e. The van der Waals surface area contributed by atoms with E-state index >= 15 is 0 Å². The number of H-pyrrole nitrogens is 1. The number of nitrogens with one attached hydrogen (secondary N) is 1. The molecule has 0 saturated heterocycles. The Kier molecular flexibility index (Phi) is 3.07. The minimum Gasteiger partial charge on any atom is -0.342 e. The Balaban J connectivity index is 1.79. The number of aryl methyl sites for hydroxylation is 2. The zero-order valence-corrected chi connectivity index (χ0v) is 10.8. The average molecular weight is 254 g/mol. The highest BCUT2D eigenvalue weighted by atomic mass is 32.1. The second-order valence-corrected chi connectivity index (χ2v) is 4.89. The highest BCUT2D eigenvalue weighted by Crippen LogP contribution is 2.16. The Bertz CT molecular complexity index is 659. The van der Waals surface area contributed by atoms with Gasteiger partial charge in [0.1, 0.15) is 5.82 Å². The lowest BCUT2D eigenvalue weighted by Crippen LogP contribution is -1.92. The molecule has 1 aromatic heterocycles. The normalized spacial score (nSPS) is 10.9. The first-order valence-electron chi connectivity index (χ1n) is 6.03. The molecule has 90 valence electrons. The molecule has 3 heteroatoms. The van der Waals surface area contributed by atoms with Crippen LogP contribution in [0, 0.1) is 0 Å². The summed E-state index contributed by atoms with van der Waals surface area (Å²) in [6, 6.07) is 16.5. The van der Waals surface area contributed by atoms with Gasteiger partial charge in [-0.05, 0) is 30.2 Å². The van der Waals surface area contributed by atoms with Gasteiger partial charge in [-0.25, -0.2) is 4.98 Å². The van der Waals surface area contributed by atoms with Gasteiger partial charge in [-0.2, -0.15) is 0 Å². The number of hydrogen-bond acceptors (Lipinski definition) is 2. The molecule has 0 unspecified atom stereocenters. The van der Waals surface area contributed by atoms with Crippen molar-refractivity contribution in [3.63, 3.8) is 0 Å². The Morgan fingerprint density at radius 3 is 2.67 bits per heavy atom. The zero-order valence-electron chi connectivity index (χ0n) is 9.93.